The Labute approximate surface area is 94.7 Å². The largest absolute Gasteiger partial charge is 0.496 e. The van der Waals surface area contributed by atoms with Crippen LogP contribution in [0.1, 0.15) is 35.4 Å². The third-order valence-electron chi connectivity index (χ3n) is 2.57. The number of methoxy groups -OCH3 is 1. The summed E-state index contributed by atoms with van der Waals surface area (Å²) in [5.41, 5.74) is 1.44. The SMILES string of the molecule is CC/C=C\C1OC(=O)c2cccc(OC)c21. The van der Waals surface area contributed by atoms with Crippen molar-refractivity contribution in [2.24, 2.45) is 0 Å². The number of ether oxygens (including phenoxy) is 2. The highest BCUT2D eigenvalue weighted by molar-refractivity contribution is 5.95. The van der Waals surface area contributed by atoms with Gasteiger partial charge in [0.25, 0.3) is 0 Å². The van der Waals surface area contributed by atoms with E-state index in [2.05, 4.69) is 0 Å². The summed E-state index contributed by atoms with van der Waals surface area (Å²) in [6.45, 7) is 2.04. The first-order valence-corrected chi connectivity index (χ1v) is 5.32. The van der Waals surface area contributed by atoms with E-state index in [1.54, 1.807) is 19.2 Å². The van der Waals surface area contributed by atoms with Crippen LogP contribution in [0.4, 0.5) is 0 Å². The van der Waals surface area contributed by atoms with E-state index in [-0.39, 0.29) is 12.1 Å². The Hall–Kier alpha value is -1.77. The molecule has 0 saturated heterocycles. The zero-order valence-corrected chi connectivity index (χ0v) is 9.40. The smallest absolute Gasteiger partial charge is 0.339 e. The summed E-state index contributed by atoms with van der Waals surface area (Å²) in [4.78, 5) is 11.6. The molecule has 0 spiro atoms. The van der Waals surface area contributed by atoms with Gasteiger partial charge in [0.15, 0.2) is 0 Å². The fourth-order valence-electron chi connectivity index (χ4n) is 1.83. The predicted octanol–water partition coefficient (Wildman–Crippen LogP) is 2.87. The van der Waals surface area contributed by atoms with Gasteiger partial charge in [-0.25, -0.2) is 4.79 Å². The number of carbonyl (C=O) groups excluding carboxylic acids is 1. The molecule has 0 fully saturated rings. The first-order valence-electron chi connectivity index (χ1n) is 5.32. The lowest BCUT2D eigenvalue weighted by molar-refractivity contribution is 0.0465. The van der Waals surface area contributed by atoms with Crippen molar-refractivity contribution in [1.82, 2.24) is 0 Å². The topological polar surface area (TPSA) is 35.5 Å². The highest BCUT2D eigenvalue weighted by Gasteiger charge is 2.32. The first kappa shape index (κ1) is 10.7. The van der Waals surface area contributed by atoms with E-state index < -0.39 is 0 Å². The monoisotopic (exact) mass is 218 g/mol. The zero-order chi connectivity index (χ0) is 11.5. The molecular weight excluding hydrogens is 204 g/mol. The van der Waals surface area contributed by atoms with Crippen LogP contribution < -0.4 is 4.74 Å². The molecule has 1 aliphatic rings. The molecule has 84 valence electrons. The van der Waals surface area contributed by atoms with E-state index in [9.17, 15) is 4.79 Å². The highest BCUT2D eigenvalue weighted by Crippen LogP contribution is 2.38. The van der Waals surface area contributed by atoms with Crippen LogP contribution in [0.3, 0.4) is 0 Å². The average molecular weight is 218 g/mol. The maximum atomic E-state index is 11.6. The summed E-state index contributed by atoms with van der Waals surface area (Å²) < 4.78 is 10.5. The molecule has 1 unspecified atom stereocenters. The van der Waals surface area contributed by atoms with Crippen molar-refractivity contribution in [1.29, 1.82) is 0 Å². The van der Waals surface area contributed by atoms with Gasteiger partial charge in [-0.2, -0.15) is 0 Å². The summed E-state index contributed by atoms with van der Waals surface area (Å²) in [7, 11) is 1.60. The molecule has 1 aliphatic heterocycles. The van der Waals surface area contributed by atoms with E-state index in [0.717, 1.165) is 12.0 Å². The second-order valence-corrected chi connectivity index (χ2v) is 3.58. The predicted molar refractivity (Wildman–Crippen MR) is 60.6 cm³/mol. The Bertz CT molecular complexity index is 435. The number of fused-ring (bicyclic) bond motifs is 1. The van der Waals surface area contributed by atoms with Crippen LogP contribution in [0.15, 0.2) is 30.4 Å². The Morgan fingerprint density at radius 3 is 3.00 bits per heavy atom. The van der Waals surface area contributed by atoms with Crippen LogP contribution in [0, 0.1) is 0 Å². The standard InChI is InChI=1S/C13H14O3/c1-3-4-7-11-12-9(13(14)16-11)6-5-8-10(12)15-2/h4-8,11H,3H2,1-2H3/b7-4-. The molecule has 0 amide bonds. The van der Waals surface area contributed by atoms with Crippen LogP contribution in [-0.4, -0.2) is 13.1 Å². The van der Waals surface area contributed by atoms with Crippen molar-refractivity contribution < 1.29 is 14.3 Å². The summed E-state index contributed by atoms with van der Waals surface area (Å²) in [5, 5.41) is 0. The normalized spacial score (nSPS) is 18.6. The molecule has 0 N–H and O–H groups in total. The van der Waals surface area contributed by atoms with E-state index in [4.69, 9.17) is 9.47 Å². The number of allylic oxidation sites excluding steroid dienone is 1. The minimum Gasteiger partial charge on any atom is -0.496 e. The fraction of sp³-hybridized carbons (Fsp3) is 0.308. The highest BCUT2D eigenvalue weighted by atomic mass is 16.6. The summed E-state index contributed by atoms with van der Waals surface area (Å²) in [5.74, 6) is 0.425. The Morgan fingerprint density at radius 2 is 2.31 bits per heavy atom. The molecule has 0 bridgehead atoms. The summed E-state index contributed by atoms with van der Waals surface area (Å²) in [6, 6.07) is 5.40. The molecule has 3 nitrogen and oxygen atoms in total. The van der Waals surface area contributed by atoms with Gasteiger partial charge in [-0.15, -0.1) is 0 Å². The second-order valence-electron chi connectivity index (χ2n) is 3.58. The molecule has 0 aliphatic carbocycles. The molecule has 0 radical (unpaired) electrons. The maximum Gasteiger partial charge on any atom is 0.339 e. The minimum absolute atomic E-state index is 0.278. The van der Waals surface area contributed by atoms with Gasteiger partial charge in [0.05, 0.1) is 18.2 Å². The quantitative estimate of drug-likeness (QED) is 0.578. The molecule has 1 aromatic carbocycles. The second kappa shape index (κ2) is 4.39. The van der Waals surface area contributed by atoms with Crippen molar-refractivity contribution in [2.45, 2.75) is 19.4 Å². The Morgan fingerprint density at radius 1 is 1.50 bits per heavy atom. The van der Waals surface area contributed by atoms with Crippen molar-refractivity contribution in [3.05, 3.63) is 41.5 Å². The Kier molecular flexibility index (Phi) is 2.95. The van der Waals surface area contributed by atoms with Gasteiger partial charge in [0.1, 0.15) is 11.9 Å². The van der Waals surface area contributed by atoms with Crippen LogP contribution in [0.25, 0.3) is 0 Å². The van der Waals surface area contributed by atoms with Crippen LogP contribution in [0.2, 0.25) is 0 Å². The molecule has 16 heavy (non-hydrogen) atoms. The van der Waals surface area contributed by atoms with Gasteiger partial charge in [-0.05, 0) is 24.6 Å². The molecule has 1 aromatic rings. The molecular formula is C13H14O3. The van der Waals surface area contributed by atoms with E-state index in [0.29, 0.717) is 11.3 Å². The molecule has 1 atom stereocenters. The third kappa shape index (κ3) is 1.69. The van der Waals surface area contributed by atoms with Crippen LogP contribution in [-0.2, 0) is 4.74 Å². The van der Waals surface area contributed by atoms with Crippen molar-refractivity contribution in [3.8, 4) is 5.75 Å². The minimum atomic E-state index is -0.307. The number of esters is 1. The Balaban J connectivity index is 2.45. The molecule has 1 heterocycles. The fourth-order valence-corrected chi connectivity index (χ4v) is 1.83. The molecule has 2 rings (SSSR count). The lowest BCUT2D eigenvalue weighted by Crippen LogP contribution is -1.96. The number of cyclic esters (lactones) is 1. The van der Waals surface area contributed by atoms with E-state index in [1.807, 2.05) is 25.1 Å². The van der Waals surface area contributed by atoms with Gasteiger partial charge < -0.3 is 9.47 Å². The summed E-state index contributed by atoms with van der Waals surface area (Å²) >= 11 is 0. The van der Waals surface area contributed by atoms with Crippen LogP contribution >= 0.6 is 0 Å². The van der Waals surface area contributed by atoms with Crippen molar-refractivity contribution in [3.63, 3.8) is 0 Å². The zero-order valence-electron chi connectivity index (χ0n) is 9.40. The van der Waals surface area contributed by atoms with Crippen molar-refractivity contribution in [2.75, 3.05) is 7.11 Å². The van der Waals surface area contributed by atoms with Gasteiger partial charge in [0, 0.05) is 0 Å². The van der Waals surface area contributed by atoms with E-state index in [1.165, 1.54) is 0 Å². The van der Waals surface area contributed by atoms with Crippen LogP contribution in [0.5, 0.6) is 5.75 Å². The molecule has 0 saturated carbocycles. The lowest BCUT2D eigenvalue weighted by Gasteiger charge is -2.09. The van der Waals surface area contributed by atoms with Gasteiger partial charge in [0.2, 0.25) is 0 Å². The average Bonchev–Trinajstić information content (AvgIpc) is 2.64. The number of rotatable bonds is 3. The number of hydrogen-bond acceptors (Lipinski definition) is 3. The number of hydrogen-bond donors (Lipinski definition) is 0. The van der Waals surface area contributed by atoms with Gasteiger partial charge >= 0.3 is 5.97 Å². The van der Waals surface area contributed by atoms with E-state index >= 15 is 0 Å². The van der Waals surface area contributed by atoms with Crippen molar-refractivity contribution >= 4 is 5.97 Å². The number of benzene rings is 1. The first-order chi connectivity index (χ1) is 7.77. The molecule has 0 aromatic heterocycles. The lowest BCUT2D eigenvalue weighted by atomic mass is 10.0. The summed E-state index contributed by atoms with van der Waals surface area (Å²) in [6.07, 6.45) is 4.49. The number of carbonyl (C=O) groups is 1. The van der Waals surface area contributed by atoms with Gasteiger partial charge in [-0.1, -0.05) is 19.1 Å². The van der Waals surface area contributed by atoms with Gasteiger partial charge in [-0.3, -0.25) is 0 Å². The molecule has 3 heteroatoms. The third-order valence-corrected chi connectivity index (χ3v) is 2.57. The maximum absolute atomic E-state index is 11.6.